The summed E-state index contributed by atoms with van der Waals surface area (Å²) in [7, 11) is 0. The van der Waals surface area contributed by atoms with E-state index in [1.807, 2.05) is 22.8 Å². The summed E-state index contributed by atoms with van der Waals surface area (Å²) in [4.78, 5) is 18.9. The van der Waals surface area contributed by atoms with Crippen LogP contribution in [0.25, 0.3) is 16.9 Å². The molecule has 0 atom stereocenters. The zero-order chi connectivity index (χ0) is 20.7. The molecule has 1 aliphatic rings. The fourth-order valence-corrected chi connectivity index (χ4v) is 3.55. The molecule has 7 heteroatoms. The summed E-state index contributed by atoms with van der Waals surface area (Å²) in [6, 6.07) is 19.1. The van der Waals surface area contributed by atoms with Crippen molar-refractivity contribution in [3.8, 4) is 22.7 Å². The van der Waals surface area contributed by atoms with Gasteiger partial charge in [-0.25, -0.2) is 18.6 Å². The number of ether oxygens (including phenoxy) is 1. The number of nitrogens with zero attached hydrogens (tertiary/aromatic N) is 3. The Morgan fingerprint density at radius 3 is 2.37 bits per heavy atom. The largest absolute Gasteiger partial charge is 0.420 e. The predicted octanol–water partition coefficient (Wildman–Crippen LogP) is 5.34. The third kappa shape index (κ3) is 3.00. The van der Waals surface area contributed by atoms with Crippen LogP contribution in [0, 0.1) is 11.6 Å². The van der Waals surface area contributed by atoms with Crippen LogP contribution in [0.1, 0.15) is 5.69 Å². The maximum absolute atomic E-state index is 14.0. The Kier molecular flexibility index (Phi) is 4.28. The van der Waals surface area contributed by atoms with Gasteiger partial charge >= 0.3 is 6.09 Å². The van der Waals surface area contributed by atoms with Crippen LogP contribution < -0.4 is 9.64 Å². The molecular formula is C23H15F2N3O2. The van der Waals surface area contributed by atoms with Gasteiger partial charge in [0.05, 0.1) is 29.3 Å². The number of amides is 1. The topological polar surface area (TPSA) is 47.4 Å². The van der Waals surface area contributed by atoms with E-state index in [4.69, 9.17) is 4.74 Å². The molecule has 2 heterocycles. The Hall–Kier alpha value is -4.00. The number of halogens is 2. The molecule has 0 unspecified atom stereocenters. The van der Waals surface area contributed by atoms with Gasteiger partial charge in [-0.1, -0.05) is 24.3 Å². The quantitative estimate of drug-likeness (QED) is 0.454. The third-order valence-corrected chi connectivity index (χ3v) is 4.98. The van der Waals surface area contributed by atoms with Gasteiger partial charge in [-0.05, 0) is 48.5 Å². The van der Waals surface area contributed by atoms with Crippen molar-refractivity contribution in [3.63, 3.8) is 0 Å². The molecule has 0 saturated heterocycles. The van der Waals surface area contributed by atoms with Crippen molar-refractivity contribution in [2.24, 2.45) is 0 Å². The van der Waals surface area contributed by atoms with Gasteiger partial charge in [0.25, 0.3) is 0 Å². The number of carbonyl (C=O) groups is 1. The molecule has 0 saturated carbocycles. The highest BCUT2D eigenvalue weighted by molar-refractivity contribution is 5.93. The molecule has 0 fully saturated rings. The maximum atomic E-state index is 14.0. The lowest BCUT2D eigenvalue weighted by molar-refractivity contribution is 0.204. The number of benzene rings is 3. The molecule has 1 aromatic heterocycles. The Balaban J connectivity index is 1.56. The molecule has 0 radical (unpaired) electrons. The van der Waals surface area contributed by atoms with Crippen LogP contribution in [0.2, 0.25) is 0 Å². The maximum Gasteiger partial charge on any atom is 0.420 e. The highest BCUT2D eigenvalue weighted by Gasteiger charge is 2.30. The second-order valence-corrected chi connectivity index (χ2v) is 6.79. The number of carbonyl (C=O) groups excluding carboxylic acids is 1. The Bertz CT molecular complexity index is 1250. The first-order valence-electron chi connectivity index (χ1n) is 9.27. The first-order valence-corrected chi connectivity index (χ1v) is 9.27. The number of hydrogen-bond donors (Lipinski definition) is 0. The first-order chi connectivity index (χ1) is 14.6. The van der Waals surface area contributed by atoms with Gasteiger partial charge in [0.1, 0.15) is 12.1 Å². The summed E-state index contributed by atoms with van der Waals surface area (Å²) >= 11 is 0. The van der Waals surface area contributed by atoms with Gasteiger partial charge in [-0.2, -0.15) is 0 Å². The Morgan fingerprint density at radius 1 is 0.900 bits per heavy atom. The van der Waals surface area contributed by atoms with Crippen molar-refractivity contribution in [2.75, 3.05) is 4.90 Å². The lowest BCUT2D eigenvalue weighted by Crippen LogP contribution is -2.37. The minimum atomic E-state index is -0.704. The second-order valence-electron chi connectivity index (χ2n) is 6.79. The van der Waals surface area contributed by atoms with Crippen molar-refractivity contribution in [1.29, 1.82) is 0 Å². The number of aromatic nitrogens is 2. The zero-order valence-corrected chi connectivity index (χ0v) is 15.6. The van der Waals surface area contributed by atoms with Crippen molar-refractivity contribution in [1.82, 2.24) is 9.55 Å². The SMILES string of the molecule is O=C(Oc1ccccc1F)N1Cc2c(-c3ccc(F)cc3)ncn2-c2ccccc21. The van der Waals surface area contributed by atoms with Crippen LogP contribution in [0.4, 0.5) is 19.3 Å². The fraction of sp³-hybridized carbons (Fsp3) is 0.0435. The average Bonchev–Trinajstić information content (AvgIpc) is 3.19. The van der Waals surface area contributed by atoms with Crippen molar-refractivity contribution >= 4 is 11.8 Å². The molecular weight excluding hydrogens is 388 g/mol. The van der Waals surface area contributed by atoms with Gasteiger partial charge in [0.2, 0.25) is 0 Å². The number of anilines is 1. The lowest BCUT2D eigenvalue weighted by atomic mass is 10.1. The monoisotopic (exact) mass is 403 g/mol. The van der Waals surface area contributed by atoms with Crippen LogP contribution in [-0.4, -0.2) is 15.6 Å². The molecule has 0 bridgehead atoms. The molecule has 30 heavy (non-hydrogen) atoms. The van der Waals surface area contributed by atoms with Crippen molar-refractivity contribution in [2.45, 2.75) is 6.54 Å². The average molecular weight is 403 g/mol. The molecule has 148 valence electrons. The van der Waals surface area contributed by atoms with E-state index in [9.17, 15) is 13.6 Å². The number of fused-ring (bicyclic) bond motifs is 3. The summed E-state index contributed by atoms with van der Waals surface area (Å²) in [5.41, 5.74) is 3.46. The zero-order valence-electron chi connectivity index (χ0n) is 15.6. The molecule has 4 aromatic rings. The van der Waals surface area contributed by atoms with Crippen molar-refractivity contribution in [3.05, 3.63) is 96.5 Å². The molecule has 0 aliphatic carbocycles. The number of imidazole rings is 1. The van der Waals surface area contributed by atoms with Crippen LogP contribution in [0.3, 0.4) is 0 Å². The minimum absolute atomic E-state index is 0.141. The van der Waals surface area contributed by atoms with Gasteiger partial charge in [-0.15, -0.1) is 0 Å². The van der Waals surface area contributed by atoms with Crippen LogP contribution in [-0.2, 0) is 6.54 Å². The normalized spacial score (nSPS) is 12.3. The van der Waals surface area contributed by atoms with Gasteiger partial charge < -0.3 is 4.74 Å². The van der Waals surface area contributed by atoms with Gasteiger partial charge in [-0.3, -0.25) is 9.47 Å². The number of para-hydroxylation sites is 3. The van der Waals surface area contributed by atoms with Crippen LogP contribution in [0.15, 0.2) is 79.1 Å². The Morgan fingerprint density at radius 2 is 1.60 bits per heavy atom. The minimum Gasteiger partial charge on any atom is -0.407 e. The van der Waals surface area contributed by atoms with Crippen LogP contribution >= 0.6 is 0 Å². The van der Waals surface area contributed by atoms with E-state index in [1.165, 1.54) is 35.2 Å². The molecule has 3 aromatic carbocycles. The second kappa shape index (κ2) is 7.11. The standard InChI is InChI=1S/C23H15F2N3O2/c24-16-11-9-15(10-12-16)22-20-13-27(23(29)30-21-8-4-1-5-17(21)25)18-6-2-3-7-19(18)28(20)14-26-22/h1-12,14H,13H2. The van der Waals surface area contributed by atoms with E-state index in [2.05, 4.69) is 4.98 Å². The predicted molar refractivity (Wildman–Crippen MR) is 108 cm³/mol. The first kappa shape index (κ1) is 18.1. The summed E-state index contributed by atoms with van der Waals surface area (Å²) in [5, 5.41) is 0. The molecule has 1 amide bonds. The number of hydrogen-bond acceptors (Lipinski definition) is 3. The van der Waals surface area contributed by atoms with E-state index in [0.717, 1.165) is 16.9 Å². The molecule has 5 rings (SSSR count). The highest BCUT2D eigenvalue weighted by Crippen LogP contribution is 2.36. The van der Waals surface area contributed by atoms with E-state index in [1.54, 1.807) is 30.6 Å². The molecule has 0 N–H and O–H groups in total. The molecule has 0 spiro atoms. The van der Waals surface area contributed by atoms with Crippen LogP contribution in [0.5, 0.6) is 5.75 Å². The van der Waals surface area contributed by atoms with E-state index < -0.39 is 11.9 Å². The van der Waals surface area contributed by atoms with Gasteiger partial charge in [0, 0.05) is 5.56 Å². The smallest absolute Gasteiger partial charge is 0.407 e. The van der Waals surface area contributed by atoms with Gasteiger partial charge in [0.15, 0.2) is 11.6 Å². The fourth-order valence-electron chi connectivity index (χ4n) is 3.55. The summed E-state index contributed by atoms with van der Waals surface area (Å²) < 4.78 is 34.5. The number of rotatable bonds is 2. The third-order valence-electron chi connectivity index (χ3n) is 4.98. The molecule has 5 nitrogen and oxygen atoms in total. The Labute approximate surface area is 170 Å². The summed E-state index contributed by atoms with van der Waals surface area (Å²) in [6.45, 7) is 0.164. The summed E-state index contributed by atoms with van der Waals surface area (Å²) in [6.07, 6.45) is 0.969. The van der Waals surface area contributed by atoms with Crippen molar-refractivity contribution < 1.29 is 18.3 Å². The molecule has 1 aliphatic heterocycles. The van der Waals surface area contributed by atoms with E-state index >= 15 is 0 Å². The van der Waals surface area contributed by atoms with E-state index in [0.29, 0.717) is 11.4 Å². The summed E-state index contributed by atoms with van der Waals surface area (Å²) in [5.74, 6) is -1.10. The highest BCUT2D eigenvalue weighted by atomic mass is 19.1. The lowest BCUT2D eigenvalue weighted by Gasteiger charge is -2.30. The van der Waals surface area contributed by atoms with E-state index in [-0.39, 0.29) is 18.1 Å².